The Morgan fingerprint density at radius 2 is 1.73 bits per heavy atom. The van der Waals surface area contributed by atoms with E-state index in [4.69, 9.17) is 0 Å². The van der Waals surface area contributed by atoms with Crippen LogP contribution in [-0.4, -0.2) is 6.03 Å². The molecule has 1 saturated carbocycles. The topological polar surface area (TPSA) is 41.1 Å². The van der Waals surface area contributed by atoms with Crippen molar-refractivity contribution in [1.82, 2.24) is 5.32 Å². The summed E-state index contributed by atoms with van der Waals surface area (Å²) in [5.41, 5.74) is 2.08. The number of halogens is 2. The van der Waals surface area contributed by atoms with E-state index in [2.05, 4.69) is 10.6 Å². The zero-order valence-corrected chi connectivity index (χ0v) is 12.1. The molecule has 0 aliphatic heterocycles. The van der Waals surface area contributed by atoms with E-state index in [9.17, 15) is 13.6 Å². The van der Waals surface area contributed by atoms with Crippen LogP contribution in [0.25, 0.3) is 0 Å². The minimum Gasteiger partial charge on any atom is -0.328 e. The SMILES string of the molecule is Cc1ccc(C2(NC(=O)Nc3ccc(F)c(F)c3)CC2)cc1. The molecule has 0 saturated heterocycles. The quantitative estimate of drug-likeness (QED) is 0.881. The van der Waals surface area contributed by atoms with Gasteiger partial charge >= 0.3 is 6.03 Å². The summed E-state index contributed by atoms with van der Waals surface area (Å²) in [5.74, 6) is -1.93. The molecule has 0 atom stereocenters. The Morgan fingerprint density at radius 1 is 1.05 bits per heavy atom. The standard InChI is InChI=1S/C17H16F2N2O/c1-11-2-4-12(5-3-11)17(8-9-17)21-16(22)20-13-6-7-14(18)15(19)10-13/h2-7,10H,8-9H2,1H3,(H2,20,21,22). The smallest absolute Gasteiger partial charge is 0.319 e. The van der Waals surface area contributed by atoms with Gasteiger partial charge in [0.2, 0.25) is 0 Å². The van der Waals surface area contributed by atoms with Gasteiger partial charge < -0.3 is 10.6 Å². The van der Waals surface area contributed by atoms with E-state index in [0.29, 0.717) is 0 Å². The molecule has 5 heteroatoms. The van der Waals surface area contributed by atoms with Crippen LogP contribution in [0.2, 0.25) is 0 Å². The monoisotopic (exact) mass is 302 g/mol. The molecule has 2 aromatic rings. The van der Waals surface area contributed by atoms with Gasteiger partial charge in [-0.15, -0.1) is 0 Å². The highest BCUT2D eigenvalue weighted by atomic mass is 19.2. The van der Waals surface area contributed by atoms with Crippen molar-refractivity contribution < 1.29 is 13.6 Å². The van der Waals surface area contributed by atoms with E-state index < -0.39 is 17.7 Å². The summed E-state index contributed by atoms with van der Waals surface area (Å²) in [6, 6.07) is 10.8. The predicted octanol–water partition coefficient (Wildman–Crippen LogP) is 4.08. The Bertz CT molecular complexity index is 709. The Labute approximate surface area is 127 Å². The average Bonchev–Trinajstić information content (AvgIpc) is 3.24. The Kier molecular flexibility index (Phi) is 3.56. The summed E-state index contributed by atoms with van der Waals surface area (Å²) < 4.78 is 26.0. The molecule has 0 bridgehead atoms. The van der Waals surface area contributed by atoms with Gasteiger partial charge in [-0.25, -0.2) is 13.6 Å². The molecular weight excluding hydrogens is 286 g/mol. The van der Waals surface area contributed by atoms with Crippen molar-refractivity contribution in [3.63, 3.8) is 0 Å². The van der Waals surface area contributed by atoms with E-state index in [1.807, 2.05) is 31.2 Å². The van der Waals surface area contributed by atoms with Crippen molar-refractivity contribution in [2.45, 2.75) is 25.3 Å². The molecule has 114 valence electrons. The number of anilines is 1. The van der Waals surface area contributed by atoms with Crippen LogP contribution >= 0.6 is 0 Å². The van der Waals surface area contributed by atoms with Crippen molar-refractivity contribution in [2.75, 3.05) is 5.32 Å². The fraction of sp³-hybridized carbons (Fsp3) is 0.235. The second-order valence-electron chi connectivity index (χ2n) is 5.66. The number of rotatable bonds is 3. The summed E-state index contributed by atoms with van der Waals surface area (Å²) in [6.45, 7) is 2.01. The van der Waals surface area contributed by atoms with Crippen molar-refractivity contribution in [3.05, 3.63) is 65.2 Å². The summed E-state index contributed by atoms with van der Waals surface area (Å²) >= 11 is 0. The number of hydrogen-bond donors (Lipinski definition) is 2. The Morgan fingerprint density at radius 3 is 2.32 bits per heavy atom. The number of amides is 2. The Hall–Kier alpha value is -2.43. The van der Waals surface area contributed by atoms with E-state index >= 15 is 0 Å². The maximum Gasteiger partial charge on any atom is 0.319 e. The number of aryl methyl sites for hydroxylation is 1. The first-order chi connectivity index (χ1) is 10.5. The van der Waals surface area contributed by atoms with Crippen LogP contribution in [0.5, 0.6) is 0 Å². The zero-order chi connectivity index (χ0) is 15.7. The van der Waals surface area contributed by atoms with E-state index in [1.54, 1.807) is 0 Å². The molecule has 0 aromatic heterocycles. The minimum absolute atomic E-state index is 0.219. The molecule has 0 radical (unpaired) electrons. The van der Waals surface area contributed by atoms with E-state index in [1.165, 1.54) is 6.07 Å². The second kappa shape index (κ2) is 5.40. The number of hydrogen-bond acceptors (Lipinski definition) is 1. The number of nitrogens with one attached hydrogen (secondary N) is 2. The van der Waals surface area contributed by atoms with Crippen LogP contribution in [0.4, 0.5) is 19.3 Å². The fourth-order valence-corrected chi connectivity index (χ4v) is 2.44. The van der Waals surface area contributed by atoms with Gasteiger partial charge in [-0.3, -0.25) is 0 Å². The molecule has 3 rings (SSSR count). The number of carbonyl (C=O) groups is 1. The van der Waals surface area contributed by atoms with Crippen LogP contribution in [0.1, 0.15) is 24.0 Å². The first kappa shape index (κ1) is 14.5. The number of carbonyl (C=O) groups excluding carboxylic acids is 1. The minimum atomic E-state index is -0.988. The molecule has 1 fully saturated rings. The van der Waals surface area contributed by atoms with Gasteiger partial charge in [-0.1, -0.05) is 29.8 Å². The lowest BCUT2D eigenvalue weighted by molar-refractivity contribution is 0.247. The lowest BCUT2D eigenvalue weighted by Crippen LogP contribution is -2.38. The van der Waals surface area contributed by atoms with Crippen molar-refractivity contribution in [1.29, 1.82) is 0 Å². The molecule has 0 unspecified atom stereocenters. The fourth-order valence-electron chi connectivity index (χ4n) is 2.44. The van der Waals surface area contributed by atoms with Crippen LogP contribution in [-0.2, 0) is 5.54 Å². The third-order valence-corrected chi connectivity index (χ3v) is 3.88. The highest BCUT2D eigenvalue weighted by Crippen LogP contribution is 2.45. The second-order valence-corrected chi connectivity index (χ2v) is 5.66. The molecule has 2 aromatic carbocycles. The zero-order valence-electron chi connectivity index (χ0n) is 12.1. The third-order valence-electron chi connectivity index (χ3n) is 3.88. The largest absolute Gasteiger partial charge is 0.328 e. The van der Waals surface area contributed by atoms with Gasteiger partial charge in [0.15, 0.2) is 11.6 Å². The van der Waals surface area contributed by atoms with Gasteiger partial charge in [0.1, 0.15) is 0 Å². The summed E-state index contributed by atoms with van der Waals surface area (Å²) in [5, 5.41) is 5.45. The van der Waals surface area contributed by atoms with Gasteiger partial charge in [-0.05, 0) is 37.5 Å². The number of urea groups is 1. The van der Waals surface area contributed by atoms with Gasteiger partial charge in [0, 0.05) is 11.8 Å². The molecule has 2 amide bonds. The molecule has 1 aliphatic rings. The molecule has 3 nitrogen and oxygen atoms in total. The van der Waals surface area contributed by atoms with Crippen molar-refractivity contribution in [2.24, 2.45) is 0 Å². The molecule has 0 spiro atoms. The lowest BCUT2D eigenvalue weighted by Gasteiger charge is -2.18. The lowest BCUT2D eigenvalue weighted by atomic mass is 10.0. The summed E-state index contributed by atoms with van der Waals surface area (Å²) in [4.78, 5) is 12.1. The normalized spacial score (nSPS) is 15.2. The van der Waals surface area contributed by atoms with Gasteiger partial charge in [0.05, 0.1) is 5.54 Å². The van der Waals surface area contributed by atoms with E-state index in [0.717, 1.165) is 36.1 Å². The van der Waals surface area contributed by atoms with Crippen LogP contribution in [0.3, 0.4) is 0 Å². The summed E-state index contributed by atoms with van der Waals surface area (Å²) in [6.07, 6.45) is 1.72. The van der Waals surface area contributed by atoms with Crippen molar-refractivity contribution >= 4 is 11.7 Å². The van der Waals surface area contributed by atoms with E-state index in [-0.39, 0.29) is 11.2 Å². The highest BCUT2D eigenvalue weighted by molar-refractivity contribution is 5.90. The number of benzene rings is 2. The maximum absolute atomic E-state index is 13.1. The first-order valence-corrected chi connectivity index (χ1v) is 7.10. The molecule has 1 aliphatic carbocycles. The molecule has 22 heavy (non-hydrogen) atoms. The van der Waals surface area contributed by atoms with Crippen LogP contribution in [0.15, 0.2) is 42.5 Å². The van der Waals surface area contributed by atoms with Crippen molar-refractivity contribution in [3.8, 4) is 0 Å². The first-order valence-electron chi connectivity index (χ1n) is 7.10. The molecule has 2 N–H and O–H groups in total. The van der Waals surface area contributed by atoms with Gasteiger partial charge in [-0.2, -0.15) is 0 Å². The maximum atomic E-state index is 13.1. The average molecular weight is 302 g/mol. The molecular formula is C17H16F2N2O. The summed E-state index contributed by atoms with van der Waals surface area (Å²) in [7, 11) is 0. The van der Waals surface area contributed by atoms with Crippen LogP contribution in [0, 0.1) is 18.6 Å². The Balaban J connectivity index is 1.68. The predicted molar refractivity (Wildman–Crippen MR) is 80.6 cm³/mol. The third kappa shape index (κ3) is 2.93. The molecule has 0 heterocycles. The highest BCUT2D eigenvalue weighted by Gasteiger charge is 2.45. The van der Waals surface area contributed by atoms with Gasteiger partial charge in [0.25, 0.3) is 0 Å². The van der Waals surface area contributed by atoms with Crippen LogP contribution < -0.4 is 10.6 Å².